The second kappa shape index (κ2) is 6.66. The van der Waals surface area contributed by atoms with Gasteiger partial charge in [-0.15, -0.1) is 11.3 Å². The Bertz CT molecular complexity index is 808. The predicted octanol–water partition coefficient (Wildman–Crippen LogP) is 3.27. The van der Waals surface area contributed by atoms with Crippen LogP contribution in [0.4, 0.5) is 5.88 Å². The van der Waals surface area contributed by atoms with E-state index in [0.29, 0.717) is 17.8 Å². The smallest absolute Gasteiger partial charge is 0.259 e. The van der Waals surface area contributed by atoms with Crippen LogP contribution < -0.4 is 11.1 Å². The molecule has 1 aromatic carbocycles. The van der Waals surface area contributed by atoms with Gasteiger partial charge in [-0.2, -0.15) is 0 Å². The zero-order valence-corrected chi connectivity index (χ0v) is 13.5. The molecular weight excluding hydrogens is 310 g/mol. The third kappa shape index (κ3) is 3.43. The number of nitrogens with zero attached hydrogens (tertiary/aromatic N) is 1. The number of aromatic nitrogens is 1. The molecule has 0 saturated heterocycles. The number of thiophene rings is 1. The predicted molar refractivity (Wildman–Crippen MR) is 91.4 cm³/mol. The highest BCUT2D eigenvalue weighted by molar-refractivity contribution is 7.15. The molecule has 0 fully saturated rings. The van der Waals surface area contributed by atoms with E-state index in [0.717, 1.165) is 16.2 Å². The minimum Gasteiger partial charge on any atom is -0.367 e. The second-order valence-electron chi connectivity index (χ2n) is 5.17. The zero-order valence-electron chi connectivity index (χ0n) is 12.7. The first kappa shape index (κ1) is 15.3. The van der Waals surface area contributed by atoms with E-state index in [9.17, 15) is 4.79 Å². The molecule has 0 saturated carbocycles. The fourth-order valence-corrected chi connectivity index (χ4v) is 3.16. The number of hydrogen-bond donors (Lipinski definition) is 2. The fourth-order valence-electron chi connectivity index (χ4n) is 2.31. The van der Waals surface area contributed by atoms with Gasteiger partial charge in [0.05, 0.1) is 4.88 Å². The van der Waals surface area contributed by atoms with Gasteiger partial charge in [-0.1, -0.05) is 35.5 Å². The Morgan fingerprint density at radius 1 is 1.26 bits per heavy atom. The minimum absolute atomic E-state index is 0.0447. The highest BCUT2D eigenvalue weighted by Crippen LogP contribution is 2.32. The van der Waals surface area contributed by atoms with Gasteiger partial charge in [0.2, 0.25) is 5.88 Å². The Morgan fingerprint density at radius 2 is 2.04 bits per heavy atom. The van der Waals surface area contributed by atoms with Gasteiger partial charge in [-0.05, 0) is 31.0 Å². The van der Waals surface area contributed by atoms with Gasteiger partial charge in [-0.3, -0.25) is 4.79 Å². The number of nitrogens with one attached hydrogen (secondary N) is 1. The summed E-state index contributed by atoms with van der Waals surface area (Å²) in [5.74, 6) is -0.219. The van der Waals surface area contributed by atoms with Crippen molar-refractivity contribution in [3.63, 3.8) is 0 Å². The van der Waals surface area contributed by atoms with E-state index in [1.165, 1.54) is 5.56 Å². The number of benzene rings is 1. The van der Waals surface area contributed by atoms with Crippen LogP contribution in [0.15, 0.2) is 47.0 Å². The van der Waals surface area contributed by atoms with Crippen LogP contribution in [0.25, 0.3) is 10.6 Å². The van der Waals surface area contributed by atoms with E-state index >= 15 is 0 Å². The summed E-state index contributed by atoms with van der Waals surface area (Å²) in [5, 5.41) is 6.81. The van der Waals surface area contributed by atoms with E-state index in [1.807, 2.05) is 49.4 Å². The van der Waals surface area contributed by atoms with Crippen molar-refractivity contribution in [1.29, 1.82) is 0 Å². The first-order valence-corrected chi connectivity index (χ1v) is 8.11. The average molecular weight is 327 g/mol. The van der Waals surface area contributed by atoms with Crippen LogP contribution >= 0.6 is 11.3 Å². The lowest BCUT2D eigenvalue weighted by molar-refractivity contribution is 0.0955. The van der Waals surface area contributed by atoms with Crippen molar-refractivity contribution in [2.75, 3.05) is 12.3 Å². The first-order valence-electron chi connectivity index (χ1n) is 7.29. The molecule has 0 unspecified atom stereocenters. The molecule has 6 heteroatoms. The van der Waals surface area contributed by atoms with E-state index in [-0.39, 0.29) is 11.8 Å². The summed E-state index contributed by atoms with van der Waals surface area (Å²) in [6, 6.07) is 13.9. The number of aryl methyl sites for hydroxylation is 1. The molecule has 3 aromatic rings. The van der Waals surface area contributed by atoms with E-state index in [1.54, 1.807) is 11.3 Å². The molecule has 3 rings (SSSR count). The lowest BCUT2D eigenvalue weighted by Crippen LogP contribution is -2.26. The maximum Gasteiger partial charge on any atom is 0.259 e. The van der Waals surface area contributed by atoms with Crippen LogP contribution in [-0.4, -0.2) is 17.6 Å². The fraction of sp³-hybridized carbons (Fsp3) is 0.176. The lowest BCUT2D eigenvalue weighted by atomic mass is 10.1. The Balaban J connectivity index is 1.71. The minimum atomic E-state index is -0.263. The molecule has 2 heterocycles. The van der Waals surface area contributed by atoms with Crippen LogP contribution in [0.5, 0.6) is 0 Å². The van der Waals surface area contributed by atoms with Crippen molar-refractivity contribution in [2.24, 2.45) is 0 Å². The highest BCUT2D eigenvalue weighted by Gasteiger charge is 2.23. The van der Waals surface area contributed by atoms with Crippen molar-refractivity contribution in [3.8, 4) is 10.6 Å². The number of anilines is 1. The standard InChI is InChI=1S/C17H17N3O2S/c1-11-7-8-13(23-11)15-14(16(18)22-20-15)17(21)19-10-9-12-5-3-2-4-6-12/h2-8H,9-10,18H2,1H3,(H,19,21). The van der Waals surface area contributed by atoms with Crippen LogP contribution in [0.2, 0.25) is 0 Å². The molecule has 3 N–H and O–H groups in total. The molecule has 5 nitrogen and oxygen atoms in total. The summed E-state index contributed by atoms with van der Waals surface area (Å²) in [6.07, 6.45) is 0.755. The molecule has 0 spiro atoms. The van der Waals surface area contributed by atoms with Gasteiger partial charge in [0.1, 0.15) is 11.3 Å². The third-order valence-corrected chi connectivity index (χ3v) is 4.47. The van der Waals surface area contributed by atoms with Crippen LogP contribution in [0, 0.1) is 6.92 Å². The van der Waals surface area contributed by atoms with Gasteiger partial charge in [0, 0.05) is 11.4 Å². The molecule has 23 heavy (non-hydrogen) atoms. The summed E-state index contributed by atoms with van der Waals surface area (Å²) >= 11 is 1.55. The van der Waals surface area contributed by atoms with Crippen molar-refractivity contribution in [1.82, 2.24) is 10.5 Å². The molecule has 0 aliphatic carbocycles. The van der Waals surface area contributed by atoms with Crippen molar-refractivity contribution in [2.45, 2.75) is 13.3 Å². The summed E-state index contributed by atoms with van der Waals surface area (Å²) in [6.45, 7) is 2.52. The number of nitrogen functional groups attached to an aromatic ring is 1. The molecular formula is C17H17N3O2S. The molecule has 118 valence electrons. The Labute approximate surface area is 138 Å². The number of amides is 1. The third-order valence-electron chi connectivity index (χ3n) is 3.46. The number of hydrogen-bond acceptors (Lipinski definition) is 5. The zero-order chi connectivity index (χ0) is 16.2. The monoisotopic (exact) mass is 327 g/mol. The Kier molecular flexibility index (Phi) is 4.43. The van der Waals surface area contributed by atoms with Crippen LogP contribution in [0.3, 0.4) is 0 Å². The van der Waals surface area contributed by atoms with E-state index < -0.39 is 0 Å². The summed E-state index contributed by atoms with van der Waals surface area (Å²) in [7, 11) is 0. The van der Waals surface area contributed by atoms with Gasteiger partial charge in [-0.25, -0.2) is 0 Å². The topological polar surface area (TPSA) is 81.2 Å². The van der Waals surface area contributed by atoms with Crippen LogP contribution in [0.1, 0.15) is 20.8 Å². The summed E-state index contributed by atoms with van der Waals surface area (Å²) in [5.41, 5.74) is 7.75. The van der Waals surface area contributed by atoms with Crippen molar-refractivity contribution >= 4 is 23.1 Å². The van der Waals surface area contributed by atoms with Crippen molar-refractivity contribution in [3.05, 3.63) is 58.5 Å². The van der Waals surface area contributed by atoms with E-state index in [4.69, 9.17) is 10.3 Å². The maximum atomic E-state index is 12.4. The summed E-state index contributed by atoms with van der Waals surface area (Å²) in [4.78, 5) is 14.4. The SMILES string of the molecule is Cc1ccc(-c2noc(N)c2C(=O)NCCc2ccccc2)s1. The maximum absolute atomic E-state index is 12.4. The number of carbonyl (C=O) groups excluding carboxylic acids is 1. The number of carbonyl (C=O) groups is 1. The largest absolute Gasteiger partial charge is 0.367 e. The lowest BCUT2D eigenvalue weighted by Gasteiger charge is -2.05. The summed E-state index contributed by atoms with van der Waals surface area (Å²) < 4.78 is 5.02. The van der Waals surface area contributed by atoms with Crippen LogP contribution in [-0.2, 0) is 6.42 Å². The Morgan fingerprint density at radius 3 is 2.74 bits per heavy atom. The molecule has 1 amide bonds. The van der Waals surface area contributed by atoms with Crippen molar-refractivity contribution < 1.29 is 9.32 Å². The second-order valence-corrected chi connectivity index (χ2v) is 6.46. The highest BCUT2D eigenvalue weighted by atomic mass is 32.1. The van der Waals surface area contributed by atoms with Gasteiger partial charge >= 0.3 is 0 Å². The normalized spacial score (nSPS) is 10.7. The van der Waals surface area contributed by atoms with Gasteiger partial charge in [0.15, 0.2) is 0 Å². The molecule has 0 bridgehead atoms. The molecule has 0 aliphatic heterocycles. The molecule has 2 aromatic heterocycles. The molecule has 0 radical (unpaired) electrons. The quantitative estimate of drug-likeness (QED) is 0.753. The van der Waals surface area contributed by atoms with Gasteiger partial charge < -0.3 is 15.6 Å². The van der Waals surface area contributed by atoms with Gasteiger partial charge in [0.25, 0.3) is 5.91 Å². The first-order chi connectivity index (χ1) is 11.1. The number of rotatable bonds is 5. The molecule has 0 aliphatic rings. The Hall–Kier alpha value is -2.60. The number of nitrogens with two attached hydrogens (primary N) is 1. The molecule has 0 atom stereocenters. The average Bonchev–Trinajstić information content (AvgIpc) is 3.14. The van der Waals surface area contributed by atoms with E-state index in [2.05, 4.69) is 10.5 Å².